The minimum Gasteiger partial charge on any atom is -0.494 e. The molecule has 5 nitrogen and oxygen atoms in total. The number of urea groups is 1. The van der Waals surface area contributed by atoms with Crippen molar-refractivity contribution in [1.82, 2.24) is 9.80 Å². The first-order valence-electron chi connectivity index (χ1n) is 7.07. The molecule has 0 spiro atoms. The van der Waals surface area contributed by atoms with Crippen LogP contribution >= 0.6 is 0 Å². The Kier molecular flexibility index (Phi) is 4.88. The van der Waals surface area contributed by atoms with Gasteiger partial charge in [0.15, 0.2) is 11.6 Å². The lowest BCUT2D eigenvalue weighted by molar-refractivity contribution is 0.158. The fraction of sp³-hybridized carbons (Fsp3) is 0.533. The number of methoxy groups -OCH3 is 1. The Balaban J connectivity index is 1.90. The molecule has 2 amide bonds. The number of amides is 2. The predicted molar refractivity (Wildman–Crippen MR) is 80.3 cm³/mol. The molecule has 6 heteroatoms. The Morgan fingerprint density at radius 1 is 1.38 bits per heavy atom. The molecule has 0 aliphatic carbocycles. The second-order valence-corrected chi connectivity index (χ2v) is 5.43. The number of hydrogen-bond acceptors (Lipinski definition) is 3. The molecular weight excluding hydrogens is 273 g/mol. The maximum Gasteiger partial charge on any atom is 0.319 e. The van der Waals surface area contributed by atoms with Crippen molar-refractivity contribution in [3.63, 3.8) is 0 Å². The molecule has 0 unspecified atom stereocenters. The van der Waals surface area contributed by atoms with Crippen LogP contribution in [0.15, 0.2) is 18.2 Å². The average molecular weight is 295 g/mol. The molecule has 0 bridgehead atoms. The van der Waals surface area contributed by atoms with E-state index in [1.54, 1.807) is 31.1 Å². The van der Waals surface area contributed by atoms with Crippen LogP contribution in [0.5, 0.6) is 5.75 Å². The zero-order valence-corrected chi connectivity index (χ0v) is 12.7. The van der Waals surface area contributed by atoms with Crippen molar-refractivity contribution in [2.45, 2.75) is 18.9 Å². The molecule has 1 aliphatic heterocycles. The molecular formula is C15H22FN3O2. The number of carbonyl (C=O) groups excluding carboxylic acids is 1. The number of piperidine rings is 1. The molecule has 1 fully saturated rings. The Morgan fingerprint density at radius 2 is 2.05 bits per heavy atom. The van der Waals surface area contributed by atoms with Crippen LogP contribution in [-0.4, -0.2) is 56.2 Å². The van der Waals surface area contributed by atoms with Gasteiger partial charge in [-0.1, -0.05) is 0 Å². The summed E-state index contributed by atoms with van der Waals surface area (Å²) in [7, 11) is 4.97. The van der Waals surface area contributed by atoms with Crippen LogP contribution in [-0.2, 0) is 0 Å². The molecule has 1 aromatic rings. The third-order valence-corrected chi connectivity index (χ3v) is 3.67. The lowest BCUT2D eigenvalue weighted by Crippen LogP contribution is -2.46. The van der Waals surface area contributed by atoms with E-state index in [4.69, 9.17) is 4.74 Å². The third kappa shape index (κ3) is 3.77. The van der Waals surface area contributed by atoms with Crippen molar-refractivity contribution in [1.29, 1.82) is 0 Å². The quantitative estimate of drug-likeness (QED) is 0.931. The maximum atomic E-state index is 13.4. The largest absolute Gasteiger partial charge is 0.494 e. The molecule has 0 atom stereocenters. The van der Waals surface area contributed by atoms with Crippen LogP contribution in [0.4, 0.5) is 14.9 Å². The topological polar surface area (TPSA) is 44.8 Å². The standard InChI is InChI=1S/C15H22FN3O2/c1-18(2)15(20)19-8-6-11(7-9-19)17-12-4-5-13(16)14(10-12)21-3/h4-5,10-11,17H,6-9H2,1-3H3. The van der Waals surface area contributed by atoms with Crippen LogP contribution in [0, 0.1) is 5.82 Å². The number of halogens is 1. The molecule has 2 rings (SSSR count). The molecule has 0 radical (unpaired) electrons. The minimum absolute atomic E-state index is 0.0527. The van der Waals surface area contributed by atoms with Gasteiger partial charge >= 0.3 is 6.03 Å². The first-order chi connectivity index (χ1) is 10.0. The molecule has 0 aromatic heterocycles. The Labute approximate surface area is 124 Å². The van der Waals surface area contributed by atoms with E-state index in [2.05, 4.69) is 5.32 Å². The number of nitrogens with zero attached hydrogens (tertiary/aromatic N) is 2. The smallest absolute Gasteiger partial charge is 0.319 e. The summed E-state index contributed by atoms with van der Waals surface area (Å²) in [6.07, 6.45) is 1.75. The van der Waals surface area contributed by atoms with Crippen molar-refractivity contribution >= 4 is 11.7 Å². The summed E-state index contributed by atoms with van der Waals surface area (Å²) in [4.78, 5) is 15.3. The highest BCUT2D eigenvalue weighted by molar-refractivity contribution is 5.73. The van der Waals surface area contributed by atoms with Crippen LogP contribution in [0.2, 0.25) is 0 Å². The normalized spacial score (nSPS) is 15.7. The molecule has 1 N–H and O–H groups in total. The molecule has 1 heterocycles. The fourth-order valence-corrected chi connectivity index (χ4v) is 2.48. The second kappa shape index (κ2) is 6.65. The highest BCUT2D eigenvalue weighted by Crippen LogP contribution is 2.24. The van der Waals surface area contributed by atoms with E-state index < -0.39 is 0 Å². The molecule has 21 heavy (non-hydrogen) atoms. The minimum atomic E-state index is -0.366. The van der Waals surface area contributed by atoms with Gasteiger partial charge in [0.1, 0.15) is 0 Å². The molecule has 116 valence electrons. The molecule has 1 aliphatic rings. The summed E-state index contributed by atoms with van der Waals surface area (Å²) in [6.45, 7) is 1.46. The van der Waals surface area contributed by atoms with E-state index >= 15 is 0 Å². The molecule has 1 saturated heterocycles. The van der Waals surface area contributed by atoms with E-state index in [1.807, 2.05) is 4.90 Å². The van der Waals surface area contributed by atoms with Crippen LogP contribution in [0.1, 0.15) is 12.8 Å². The number of benzene rings is 1. The number of ether oxygens (including phenoxy) is 1. The lowest BCUT2D eigenvalue weighted by Gasteiger charge is -2.34. The van der Waals surface area contributed by atoms with E-state index in [1.165, 1.54) is 13.2 Å². The van der Waals surface area contributed by atoms with Gasteiger partial charge in [0.25, 0.3) is 0 Å². The molecule has 1 aromatic carbocycles. The lowest BCUT2D eigenvalue weighted by atomic mass is 10.0. The zero-order valence-electron chi connectivity index (χ0n) is 12.7. The SMILES string of the molecule is COc1cc(NC2CCN(C(=O)N(C)C)CC2)ccc1F. The van der Waals surface area contributed by atoms with Gasteiger partial charge in [-0.15, -0.1) is 0 Å². The highest BCUT2D eigenvalue weighted by Gasteiger charge is 2.23. The van der Waals surface area contributed by atoms with Gasteiger partial charge in [-0.2, -0.15) is 0 Å². The van der Waals surface area contributed by atoms with Gasteiger partial charge in [0.2, 0.25) is 0 Å². The Bertz CT molecular complexity index is 500. The Morgan fingerprint density at radius 3 is 2.62 bits per heavy atom. The van der Waals surface area contributed by atoms with E-state index in [-0.39, 0.29) is 23.6 Å². The van der Waals surface area contributed by atoms with Gasteiger partial charge in [-0.3, -0.25) is 0 Å². The number of carbonyl (C=O) groups is 1. The van der Waals surface area contributed by atoms with Gasteiger partial charge in [0, 0.05) is 45.0 Å². The van der Waals surface area contributed by atoms with Gasteiger partial charge in [-0.05, 0) is 25.0 Å². The number of rotatable bonds is 3. The van der Waals surface area contributed by atoms with Crippen LogP contribution in [0.25, 0.3) is 0 Å². The van der Waals surface area contributed by atoms with Crippen molar-refractivity contribution in [2.75, 3.05) is 39.6 Å². The Hall–Kier alpha value is -1.98. The van der Waals surface area contributed by atoms with Crippen LogP contribution in [0.3, 0.4) is 0 Å². The van der Waals surface area contributed by atoms with Crippen molar-refractivity contribution in [3.8, 4) is 5.75 Å². The summed E-state index contributed by atoms with van der Waals surface area (Å²) in [5.41, 5.74) is 0.839. The maximum absolute atomic E-state index is 13.4. The number of nitrogens with one attached hydrogen (secondary N) is 1. The van der Waals surface area contributed by atoms with Crippen molar-refractivity contribution < 1.29 is 13.9 Å². The summed E-state index contributed by atoms with van der Waals surface area (Å²) in [5.74, 6) is -0.130. The first kappa shape index (κ1) is 15.4. The monoisotopic (exact) mass is 295 g/mol. The molecule has 0 saturated carbocycles. The van der Waals surface area contributed by atoms with Gasteiger partial charge in [0.05, 0.1) is 7.11 Å². The van der Waals surface area contributed by atoms with Gasteiger partial charge < -0.3 is 19.9 Å². The van der Waals surface area contributed by atoms with Crippen molar-refractivity contribution in [2.24, 2.45) is 0 Å². The third-order valence-electron chi connectivity index (χ3n) is 3.67. The second-order valence-electron chi connectivity index (χ2n) is 5.43. The van der Waals surface area contributed by atoms with E-state index in [9.17, 15) is 9.18 Å². The highest BCUT2D eigenvalue weighted by atomic mass is 19.1. The van der Waals surface area contributed by atoms with Crippen LogP contribution < -0.4 is 10.1 Å². The number of hydrogen-bond donors (Lipinski definition) is 1. The fourth-order valence-electron chi connectivity index (χ4n) is 2.48. The first-order valence-corrected chi connectivity index (χ1v) is 7.07. The number of anilines is 1. The summed E-state index contributed by atoms with van der Waals surface area (Å²) in [5, 5.41) is 3.37. The predicted octanol–water partition coefficient (Wildman–Crippen LogP) is 2.39. The van der Waals surface area contributed by atoms with E-state index in [0.717, 1.165) is 31.6 Å². The summed E-state index contributed by atoms with van der Waals surface area (Å²) in [6, 6.07) is 5.09. The van der Waals surface area contributed by atoms with Crippen molar-refractivity contribution in [3.05, 3.63) is 24.0 Å². The zero-order chi connectivity index (χ0) is 15.4. The summed E-state index contributed by atoms with van der Waals surface area (Å²) < 4.78 is 18.3. The average Bonchev–Trinajstić information content (AvgIpc) is 2.49. The number of likely N-dealkylation sites (tertiary alicyclic amines) is 1. The van der Waals surface area contributed by atoms with E-state index in [0.29, 0.717) is 0 Å². The summed E-state index contributed by atoms with van der Waals surface area (Å²) >= 11 is 0. The van der Waals surface area contributed by atoms with Gasteiger partial charge in [-0.25, -0.2) is 9.18 Å².